The van der Waals surface area contributed by atoms with Crippen LogP contribution in [0.2, 0.25) is 0 Å². The van der Waals surface area contributed by atoms with Gasteiger partial charge in [0.15, 0.2) is 0 Å². The summed E-state index contributed by atoms with van der Waals surface area (Å²) < 4.78 is 0. The van der Waals surface area contributed by atoms with Crippen molar-refractivity contribution in [3.63, 3.8) is 0 Å². The zero-order chi connectivity index (χ0) is 12.1. The summed E-state index contributed by atoms with van der Waals surface area (Å²) in [5, 5.41) is 12.3. The first-order valence-corrected chi connectivity index (χ1v) is 5.42. The van der Waals surface area contributed by atoms with Crippen LogP contribution in [0.25, 0.3) is 0 Å². The molecule has 1 atom stereocenters. The molecule has 0 aliphatic carbocycles. The lowest BCUT2D eigenvalue weighted by molar-refractivity contribution is 0.982. The predicted molar refractivity (Wildman–Crippen MR) is 67.4 cm³/mol. The van der Waals surface area contributed by atoms with Gasteiger partial charge in [-0.25, -0.2) is 0 Å². The Morgan fingerprint density at radius 1 is 1.24 bits per heavy atom. The Morgan fingerprint density at radius 2 is 2.00 bits per heavy atom. The third-order valence-electron chi connectivity index (χ3n) is 2.51. The molecule has 17 heavy (non-hydrogen) atoms. The number of benzene rings is 1. The fraction of sp³-hybridized carbons (Fsp3) is 0.143. The molecule has 2 aromatic rings. The van der Waals surface area contributed by atoms with Crippen molar-refractivity contribution >= 4 is 5.69 Å². The van der Waals surface area contributed by atoms with Crippen molar-refractivity contribution in [2.45, 2.75) is 13.0 Å². The van der Waals surface area contributed by atoms with E-state index in [2.05, 4.69) is 16.4 Å². The van der Waals surface area contributed by atoms with Gasteiger partial charge >= 0.3 is 0 Å². The molecule has 0 saturated heterocycles. The highest BCUT2D eigenvalue weighted by atomic mass is 14.9. The Balaban J connectivity index is 2.17. The predicted octanol–water partition coefficient (Wildman–Crippen LogP) is 3.07. The normalized spacial score (nSPS) is 11.5. The molecule has 0 radical (unpaired) electrons. The Kier molecular flexibility index (Phi) is 3.37. The van der Waals surface area contributed by atoms with E-state index < -0.39 is 0 Å². The van der Waals surface area contributed by atoms with Crippen molar-refractivity contribution in [2.75, 3.05) is 5.32 Å². The summed E-state index contributed by atoms with van der Waals surface area (Å²) in [5.74, 6) is 0. The van der Waals surface area contributed by atoms with Crippen LogP contribution in [0.1, 0.15) is 17.2 Å². The van der Waals surface area contributed by atoms with Gasteiger partial charge in [-0.1, -0.05) is 23.8 Å². The van der Waals surface area contributed by atoms with E-state index in [1.54, 1.807) is 12.4 Å². The maximum Gasteiger partial charge on any atom is 0.141 e. The standard InChI is InChI=1S/C14H13N3/c1-11-4-6-13(7-5-11)17-14(9-15)12-3-2-8-16-10-12/h2-8,10,14,17H,1H3. The largest absolute Gasteiger partial charge is 0.366 e. The summed E-state index contributed by atoms with van der Waals surface area (Å²) in [5.41, 5.74) is 3.01. The number of nitriles is 1. The molecule has 0 fully saturated rings. The Bertz CT molecular complexity index is 511. The lowest BCUT2D eigenvalue weighted by Gasteiger charge is -2.12. The molecule has 1 aromatic heterocycles. The minimum Gasteiger partial charge on any atom is -0.366 e. The van der Waals surface area contributed by atoms with Gasteiger partial charge in [0.1, 0.15) is 6.04 Å². The summed E-state index contributed by atoms with van der Waals surface area (Å²) in [7, 11) is 0. The minimum absolute atomic E-state index is 0.369. The van der Waals surface area contributed by atoms with E-state index in [4.69, 9.17) is 5.26 Å². The van der Waals surface area contributed by atoms with Crippen LogP contribution < -0.4 is 5.32 Å². The molecule has 2 rings (SSSR count). The first-order chi connectivity index (χ1) is 8.29. The molecule has 0 amide bonds. The van der Waals surface area contributed by atoms with Gasteiger partial charge in [0, 0.05) is 23.6 Å². The van der Waals surface area contributed by atoms with Crippen LogP contribution in [0, 0.1) is 18.3 Å². The van der Waals surface area contributed by atoms with E-state index in [0.717, 1.165) is 11.3 Å². The molecule has 3 heteroatoms. The van der Waals surface area contributed by atoms with Gasteiger partial charge in [-0.2, -0.15) is 5.26 Å². The third-order valence-corrected chi connectivity index (χ3v) is 2.51. The summed E-state index contributed by atoms with van der Waals surface area (Å²) >= 11 is 0. The molecule has 0 aliphatic heterocycles. The third kappa shape index (κ3) is 2.82. The number of rotatable bonds is 3. The van der Waals surface area contributed by atoms with Gasteiger partial charge in [0.2, 0.25) is 0 Å². The summed E-state index contributed by atoms with van der Waals surface area (Å²) in [4.78, 5) is 4.02. The van der Waals surface area contributed by atoms with E-state index >= 15 is 0 Å². The monoisotopic (exact) mass is 223 g/mol. The van der Waals surface area contributed by atoms with Crippen molar-refractivity contribution in [1.29, 1.82) is 5.26 Å². The fourth-order valence-electron chi connectivity index (χ4n) is 1.55. The van der Waals surface area contributed by atoms with Crippen LogP contribution in [0.5, 0.6) is 0 Å². The highest BCUT2D eigenvalue weighted by Gasteiger charge is 2.09. The number of anilines is 1. The highest BCUT2D eigenvalue weighted by molar-refractivity contribution is 5.48. The molecule has 1 N–H and O–H groups in total. The zero-order valence-corrected chi connectivity index (χ0v) is 9.59. The summed E-state index contributed by atoms with van der Waals surface area (Å²) in [6, 6.07) is 13.5. The first-order valence-electron chi connectivity index (χ1n) is 5.42. The van der Waals surface area contributed by atoms with Crippen molar-refractivity contribution in [3.05, 3.63) is 59.9 Å². The van der Waals surface area contributed by atoms with Crippen LogP contribution in [0.15, 0.2) is 48.8 Å². The summed E-state index contributed by atoms with van der Waals surface area (Å²) in [6.45, 7) is 2.03. The van der Waals surface area contributed by atoms with Gasteiger partial charge in [-0.05, 0) is 25.1 Å². The van der Waals surface area contributed by atoms with E-state index in [1.165, 1.54) is 5.56 Å². The van der Waals surface area contributed by atoms with Crippen molar-refractivity contribution < 1.29 is 0 Å². The number of nitrogens with zero attached hydrogens (tertiary/aromatic N) is 2. The quantitative estimate of drug-likeness (QED) is 0.869. The number of pyridine rings is 1. The zero-order valence-electron chi connectivity index (χ0n) is 9.59. The Labute approximate surface area is 101 Å². The molecule has 0 bridgehead atoms. The SMILES string of the molecule is Cc1ccc(NC(C#N)c2cccnc2)cc1. The molecule has 0 aliphatic rings. The van der Waals surface area contributed by atoms with E-state index in [0.29, 0.717) is 0 Å². The molecule has 0 saturated carbocycles. The average molecular weight is 223 g/mol. The number of hydrogen-bond donors (Lipinski definition) is 1. The maximum absolute atomic E-state index is 9.16. The van der Waals surface area contributed by atoms with Gasteiger partial charge in [0.25, 0.3) is 0 Å². The van der Waals surface area contributed by atoms with Crippen LogP contribution >= 0.6 is 0 Å². The van der Waals surface area contributed by atoms with Crippen molar-refractivity contribution in [1.82, 2.24) is 4.98 Å². The smallest absolute Gasteiger partial charge is 0.141 e. The number of hydrogen-bond acceptors (Lipinski definition) is 3. The Hall–Kier alpha value is -2.34. The van der Waals surface area contributed by atoms with Crippen LogP contribution in [0.3, 0.4) is 0 Å². The number of aromatic nitrogens is 1. The molecule has 3 nitrogen and oxygen atoms in total. The second-order valence-corrected chi connectivity index (χ2v) is 3.86. The van der Waals surface area contributed by atoms with Gasteiger partial charge in [-0.3, -0.25) is 4.98 Å². The number of nitrogens with one attached hydrogen (secondary N) is 1. The molecule has 1 unspecified atom stereocenters. The second kappa shape index (κ2) is 5.13. The molecule has 84 valence electrons. The summed E-state index contributed by atoms with van der Waals surface area (Å²) in [6.07, 6.45) is 3.40. The van der Waals surface area contributed by atoms with Gasteiger partial charge < -0.3 is 5.32 Å². The molecular weight excluding hydrogens is 210 g/mol. The Morgan fingerprint density at radius 3 is 2.59 bits per heavy atom. The molecule has 0 spiro atoms. The van der Waals surface area contributed by atoms with E-state index in [9.17, 15) is 0 Å². The molecular formula is C14H13N3. The number of aryl methyl sites for hydroxylation is 1. The van der Waals surface area contributed by atoms with Crippen LogP contribution in [-0.4, -0.2) is 4.98 Å². The minimum atomic E-state index is -0.369. The average Bonchev–Trinajstić information content (AvgIpc) is 2.39. The van der Waals surface area contributed by atoms with E-state index in [1.807, 2.05) is 43.3 Å². The van der Waals surface area contributed by atoms with Gasteiger partial charge in [0.05, 0.1) is 6.07 Å². The molecule has 1 heterocycles. The van der Waals surface area contributed by atoms with Crippen molar-refractivity contribution in [2.24, 2.45) is 0 Å². The lowest BCUT2D eigenvalue weighted by Crippen LogP contribution is -2.08. The topological polar surface area (TPSA) is 48.7 Å². The maximum atomic E-state index is 9.16. The van der Waals surface area contributed by atoms with E-state index in [-0.39, 0.29) is 6.04 Å². The fourth-order valence-corrected chi connectivity index (χ4v) is 1.55. The second-order valence-electron chi connectivity index (χ2n) is 3.86. The van der Waals surface area contributed by atoms with Crippen LogP contribution in [-0.2, 0) is 0 Å². The highest BCUT2D eigenvalue weighted by Crippen LogP contribution is 2.18. The van der Waals surface area contributed by atoms with Gasteiger partial charge in [-0.15, -0.1) is 0 Å². The first kappa shape index (κ1) is 11.2. The van der Waals surface area contributed by atoms with Crippen molar-refractivity contribution in [3.8, 4) is 6.07 Å². The molecule has 1 aromatic carbocycles. The lowest BCUT2D eigenvalue weighted by atomic mass is 10.1. The van der Waals surface area contributed by atoms with Crippen LogP contribution in [0.4, 0.5) is 5.69 Å².